The average Bonchev–Trinajstić information content (AvgIpc) is 3.11. The summed E-state index contributed by atoms with van der Waals surface area (Å²) in [5.74, 6) is 1.20. The van der Waals surface area contributed by atoms with E-state index in [0.717, 1.165) is 12.0 Å². The molecule has 0 radical (unpaired) electrons. The maximum absolute atomic E-state index is 12.8. The predicted molar refractivity (Wildman–Crippen MR) is 102 cm³/mol. The summed E-state index contributed by atoms with van der Waals surface area (Å²) < 4.78 is 5.74. The van der Waals surface area contributed by atoms with Crippen LogP contribution in [-0.4, -0.2) is 32.4 Å². The molecule has 1 aliphatic rings. The summed E-state index contributed by atoms with van der Waals surface area (Å²) in [5, 5.41) is 11.6. The first-order chi connectivity index (χ1) is 12.5. The van der Waals surface area contributed by atoms with E-state index in [9.17, 15) is 4.79 Å². The van der Waals surface area contributed by atoms with Crippen molar-refractivity contribution in [3.63, 3.8) is 0 Å². The molecule has 0 saturated heterocycles. The summed E-state index contributed by atoms with van der Waals surface area (Å²) in [5.41, 5.74) is 0.820. The lowest BCUT2D eigenvalue weighted by Gasteiger charge is -2.31. The first-order valence-electron chi connectivity index (χ1n) is 9.25. The number of pyridine rings is 1. The third-order valence-electron chi connectivity index (χ3n) is 4.86. The molecular weight excluding hydrogens is 348 g/mol. The van der Waals surface area contributed by atoms with Gasteiger partial charge >= 0.3 is 0 Å². The van der Waals surface area contributed by atoms with Crippen LogP contribution in [0.4, 0.5) is 0 Å². The lowest BCUT2D eigenvalue weighted by Crippen LogP contribution is -2.46. The van der Waals surface area contributed by atoms with Crippen molar-refractivity contribution >= 4 is 17.7 Å². The summed E-state index contributed by atoms with van der Waals surface area (Å²) in [6.07, 6.45) is 8.06. The fourth-order valence-corrected chi connectivity index (χ4v) is 4.14. The SMILES string of the molecule is CC(C)C(Sc1nnc(-c2ccncc2)o1)C(=O)NC1CCCCC1C. The predicted octanol–water partition coefficient (Wildman–Crippen LogP) is 3.94. The van der Waals surface area contributed by atoms with Crippen LogP contribution in [0.5, 0.6) is 0 Å². The van der Waals surface area contributed by atoms with Crippen LogP contribution in [-0.2, 0) is 4.79 Å². The molecule has 3 atom stereocenters. The van der Waals surface area contributed by atoms with Crippen LogP contribution in [0.15, 0.2) is 34.2 Å². The molecule has 140 valence electrons. The van der Waals surface area contributed by atoms with Crippen molar-refractivity contribution in [2.45, 2.75) is 63.0 Å². The molecule has 1 N–H and O–H groups in total. The second-order valence-corrected chi connectivity index (χ2v) is 8.36. The highest BCUT2D eigenvalue weighted by atomic mass is 32.2. The Balaban J connectivity index is 1.67. The zero-order valence-corrected chi connectivity index (χ0v) is 16.3. The van der Waals surface area contributed by atoms with E-state index in [1.807, 2.05) is 26.0 Å². The van der Waals surface area contributed by atoms with Crippen LogP contribution in [0.3, 0.4) is 0 Å². The fourth-order valence-electron chi connectivity index (χ4n) is 3.27. The van der Waals surface area contributed by atoms with Gasteiger partial charge in [0.15, 0.2) is 0 Å². The molecule has 1 saturated carbocycles. The third kappa shape index (κ3) is 4.63. The summed E-state index contributed by atoms with van der Waals surface area (Å²) >= 11 is 1.34. The minimum atomic E-state index is -0.255. The lowest BCUT2D eigenvalue weighted by molar-refractivity contribution is -0.122. The smallest absolute Gasteiger partial charge is 0.277 e. The highest BCUT2D eigenvalue weighted by Crippen LogP contribution is 2.31. The molecule has 6 nitrogen and oxygen atoms in total. The van der Waals surface area contributed by atoms with Gasteiger partial charge in [0.2, 0.25) is 11.8 Å². The zero-order valence-electron chi connectivity index (χ0n) is 15.5. The van der Waals surface area contributed by atoms with Crippen LogP contribution < -0.4 is 5.32 Å². The van der Waals surface area contributed by atoms with Crippen LogP contribution in [0.2, 0.25) is 0 Å². The molecule has 26 heavy (non-hydrogen) atoms. The van der Waals surface area contributed by atoms with E-state index in [-0.39, 0.29) is 23.1 Å². The minimum Gasteiger partial charge on any atom is -0.411 e. The van der Waals surface area contributed by atoms with Crippen molar-refractivity contribution < 1.29 is 9.21 Å². The van der Waals surface area contributed by atoms with Crippen molar-refractivity contribution in [2.75, 3.05) is 0 Å². The molecule has 3 rings (SSSR count). The van der Waals surface area contributed by atoms with E-state index in [2.05, 4.69) is 27.4 Å². The van der Waals surface area contributed by atoms with Crippen molar-refractivity contribution in [3.05, 3.63) is 24.5 Å². The highest BCUT2D eigenvalue weighted by Gasteiger charge is 2.30. The zero-order chi connectivity index (χ0) is 18.5. The Morgan fingerprint density at radius 1 is 1.23 bits per heavy atom. The van der Waals surface area contributed by atoms with Crippen molar-refractivity contribution in [2.24, 2.45) is 11.8 Å². The Morgan fingerprint density at radius 2 is 1.96 bits per heavy atom. The van der Waals surface area contributed by atoms with E-state index in [1.54, 1.807) is 12.4 Å². The van der Waals surface area contributed by atoms with Gasteiger partial charge in [-0.25, -0.2) is 0 Å². The van der Waals surface area contributed by atoms with Gasteiger partial charge < -0.3 is 9.73 Å². The van der Waals surface area contributed by atoms with E-state index in [0.29, 0.717) is 17.0 Å². The Kier molecular flexibility index (Phi) is 6.29. The number of carbonyl (C=O) groups excluding carboxylic acids is 1. The van der Waals surface area contributed by atoms with Crippen LogP contribution in [0.1, 0.15) is 46.5 Å². The fraction of sp³-hybridized carbons (Fsp3) is 0.579. The number of amides is 1. The number of hydrogen-bond donors (Lipinski definition) is 1. The van der Waals surface area contributed by atoms with Gasteiger partial charge in [0.25, 0.3) is 5.22 Å². The van der Waals surface area contributed by atoms with E-state index in [4.69, 9.17) is 4.42 Å². The standard InChI is InChI=1S/C19H26N4O2S/c1-12(2)16(17(24)21-15-7-5-4-6-13(15)3)26-19-23-22-18(25-19)14-8-10-20-11-9-14/h8-13,15-16H,4-7H2,1-3H3,(H,21,24). The summed E-state index contributed by atoms with van der Waals surface area (Å²) in [7, 11) is 0. The number of thioether (sulfide) groups is 1. The maximum Gasteiger partial charge on any atom is 0.277 e. The molecule has 2 aromatic rings. The van der Waals surface area contributed by atoms with Crippen molar-refractivity contribution in [1.29, 1.82) is 0 Å². The van der Waals surface area contributed by atoms with Crippen molar-refractivity contribution in [3.8, 4) is 11.5 Å². The van der Waals surface area contributed by atoms with Gasteiger partial charge in [0.05, 0.1) is 5.25 Å². The normalized spacial score (nSPS) is 21.5. The molecule has 0 spiro atoms. The number of hydrogen-bond acceptors (Lipinski definition) is 6. The molecule has 2 heterocycles. The molecule has 2 aromatic heterocycles. The van der Waals surface area contributed by atoms with Crippen LogP contribution in [0, 0.1) is 11.8 Å². The Hall–Kier alpha value is -1.89. The number of carbonyl (C=O) groups is 1. The van der Waals surface area contributed by atoms with Crippen LogP contribution >= 0.6 is 11.8 Å². The van der Waals surface area contributed by atoms with Crippen LogP contribution in [0.25, 0.3) is 11.5 Å². The largest absolute Gasteiger partial charge is 0.411 e. The number of aromatic nitrogens is 3. The lowest BCUT2D eigenvalue weighted by atomic mass is 9.86. The Labute approximate surface area is 158 Å². The molecule has 0 aliphatic heterocycles. The van der Waals surface area contributed by atoms with Gasteiger partial charge in [-0.05, 0) is 36.8 Å². The van der Waals surface area contributed by atoms with Gasteiger partial charge in [-0.3, -0.25) is 9.78 Å². The highest BCUT2D eigenvalue weighted by molar-refractivity contribution is 8.00. The Bertz CT molecular complexity index is 719. The molecule has 1 fully saturated rings. The molecule has 0 bridgehead atoms. The summed E-state index contributed by atoms with van der Waals surface area (Å²) in [6, 6.07) is 3.91. The topological polar surface area (TPSA) is 80.9 Å². The molecule has 7 heteroatoms. The molecule has 1 amide bonds. The molecule has 3 unspecified atom stereocenters. The minimum absolute atomic E-state index is 0.0624. The number of nitrogens with zero attached hydrogens (tertiary/aromatic N) is 3. The first kappa shape index (κ1) is 18.9. The number of nitrogens with one attached hydrogen (secondary N) is 1. The Morgan fingerprint density at radius 3 is 2.65 bits per heavy atom. The van der Waals surface area contributed by atoms with E-state index >= 15 is 0 Å². The van der Waals surface area contributed by atoms with Gasteiger partial charge in [-0.2, -0.15) is 0 Å². The van der Waals surface area contributed by atoms with E-state index in [1.165, 1.54) is 31.0 Å². The van der Waals surface area contributed by atoms with Gasteiger partial charge in [-0.15, -0.1) is 10.2 Å². The number of rotatable bonds is 6. The molecule has 0 aromatic carbocycles. The van der Waals surface area contributed by atoms with Gasteiger partial charge in [0, 0.05) is 24.0 Å². The average molecular weight is 375 g/mol. The second-order valence-electron chi connectivity index (χ2n) is 7.27. The maximum atomic E-state index is 12.8. The molecular formula is C19H26N4O2S. The molecule has 1 aliphatic carbocycles. The third-order valence-corrected chi connectivity index (χ3v) is 6.24. The summed E-state index contributed by atoms with van der Waals surface area (Å²) in [4.78, 5) is 16.8. The monoisotopic (exact) mass is 374 g/mol. The van der Waals surface area contributed by atoms with Crippen molar-refractivity contribution in [1.82, 2.24) is 20.5 Å². The quantitative estimate of drug-likeness (QED) is 0.771. The second kappa shape index (κ2) is 8.66. The van der Waals surface area contributed by atoms with Gasteiger partial charge in [0.1, 0.15) is 0 Å². The summed E-state index contributed by atoms with van der Waals surface area (Å²) in [6.45, 7) is 6.31. The first-order valence-corrected chi connectivity index (χ1v) is 10.1. The van der Waals surface area contributed by atoms with Gasteiger partial charge in [-0.1, -0.05) is 45.4 Å². The van der Waals surface area contributed by atoms with E-state index < -0.39 is 0 Å².